The number of para-hydroxylation sites is 1. The smallest absolute Gasteiger partial charge is 0.225 e. The summed E-state index contributed by atoms with van der Waals surface area (Å²) >= 11 is 0. The molecule has 134 valence electrons. The zero-order valence-corrected chi connectivity index (χ0v) is 15.4. The molecule has 2 rings (SSSR count). The zero-order chi connectivity index (χ0) is 17.7. The summed E-state index contributed by atoms with van der Waals surface area (Å²) in [5, 5.41) is 0. The first-order chi connectivity index (χ1) is 11.3. The second kappa shape index (κ2) is 7.98. The second-order valence-electron chi connectivity index (χ2n) is 6.31. The molecule has 1 saturated heterocycles. The van der Waals surface area contributed by atoms with Gasteiger partial charge < -0.3 is 9.64 Å². The van der Waals surface area contributed by atoms with Gasteiger partial charge >= 0.3 is 0 Å². The third-order valence-corrected chi connectivity index (χ3v) is 5.73. The fraction of sp³-hybridized carbons (Fsp3) is 0.588. The van der Waals surface area contributed by atoms with Gasteiger partial charge in [-0.2, -0.15) is 0 Å². The average Bonchev–Trinajstić information content (AvgIpc) is 2.55. The summed E-state index contributed by atoms with van der Waals surface area (Å²) in [6, 6.07) is 7.78. The lowest BCUT2D eigenvalue weighted by Crippen LogP contribution is -2.43. The van der Waals surface area contributed by atoms with Gasteiger partial charge in [-0.25, -0.2) is 12.7 Å². The third kappa shape index (κ3) is 4.95. The Morgan fingerprint density at radius 2 is 1.92 bits per heavy atom. The van der Waals surface area contributed by atoms with Crippen LogP contribution in [-0.2, 0) is 14.8 Å². The maximum atomic E-state index is 12.5. The Hall–Kier alpha value is -1.60. The minimum absolute atomic E-state index is 0.0662. The number of nitrogens with zero attached hydrogens (tertiary/aromatic N) is 2. The number of carbonyl (C=O) groups is 1. The van der Waals surface area contributed by atoms with Crippen molar-refractivity contribution in [2.45, 2.75) is 19.8 Å². The van der Waals surface area contributed by atoms with Crippen molar-refractivity contribution < 1.29 is 17.9 Å². The van der Waals surface area contributed by atoms with Crippen LogP contribution in [0.1, 0.15) is 18.4 Å². The van der Waals surface area contributed by atoms with Gasteiger partial charge in [-0.05, 0) is 31.4 Å². The molecule has 1 amide bonds. The SMILES string of the molecule is Cc1ccccc1OCCN(C)C(=O)C1CCN(S(C)(=O)=O)CC1. The molecule has 0 radical (unpaired) electrons. The van der Waals surface area contributed by atoms with Crippen molar-refractivity contribution in [3.63, 3.8) is 0 Å². The largest absolute Gasteiger partial charge is 0.491 e. The molecule has 0 spiro atoms. The van der Waals surface area contributed by atoms with Crippen LogP contribution in [0.5, 0.6) is 5.75 Å². The van der Waals surface area contributed by atoms with Crippen LogP contribution < -0.4 is 4.74 Å². The Labute approximate surface area is 144 Å². The van der Waals surface area contributed by atoms with E-state index in [4.69, 9.17) is 4.74 Å². The lowest BCUT2D eigenvalue weighted by molar-refractivity contribution is -0.135. The Morgan fingerprint density at radius 3 is 2.50 bits per heavy atom. The highest BCUT2D eigenvalue weighted by molar-refractivity contribution is 7.88. The lowest BCUT2D eigenvalue weighted by atomic mass is 9.97. The first kappa shape index (κ1) is 18.7. The number of carbonyl (C=O) groups excluding carboxylic acids is 1. The molecule has 1 fully saturated rings. The van der Waals surface area contributed by atoms with Crippen LogP contribution in [0.25, 0.3) is 0 Å². The summed E-state index contributed by atoms with van der Waals surface area (Å²) in [7, 11) is -1.39. The summed E-state index contributed by atoms with van der Waals surface area (Å²) in [6.07, 6.45) is 2.37. The number of benzene rings is 1. The molecule has 0 N–H and O–H groups in total. The van der Waals surface area contributed by atoms with Crippen molar-refractivity contribution >= 4 is 15.9 Å². The Bertz CT molecular complexity index is 667. The number of ether oxygens (including phenoxy) is 1. The van der Waals surface area contributed by atoms with E-state index >= 15 is 0 Å². The molecular weight excluding hydrogens is 328 g/mol. The Kier molecular flexibility index (Phi) is 6.23. The van der Waals surface area contributed by atoms with Crippen molar-refractivity contribution in [2.75, 3.05) is 39.5 Å². The maximum absolute atomic E-state index is 12.5. The molecule has 1 heterocycles. The number of aryl methyl sites for hydroxylation is 1. The topological polar surface area (TPSA) is 66.9 Å². The predicted molar refractivity (Wildman–Crippen MR) is 93.5 cm³/mol. The molecule has 0 atom stereocenters. The van der Waals surface area contributed by atoms with E-state index in [0.29, 0.717) is 39.1 Å². The van der Waals surface area contributed by atoms with Gasteiger partial charge in [0.2, 0.25) is 15.9 Å². The lowest BCUT2D eigenvalue weighted by Gasteiger charge is -2.31. The van der Waals surface area contributed by atoms with E-state index < -0.39 is 10.0 Å². The number of amides is 1. The molecule has 1 aliphatic rings. The van der Waals surface area contributed by atoms with Crippen molar-refractivity contribution in [3.8, 4) is 5.75 Å². The Morgan fingerprint density at radius 1 is 1.29 bits per heavy atom. The molecule has 0 aromatic heterocycles. The molecule has 0 saturated carbocycles. The van der Waals surface area contributed by atoms with Gasteiger partial charge in [0.25, 0.3) is 0 Å². The van der Waals surface area contributed by atoms with E-state index in [1.807, 2.05) is 31.2 Å². The summed E-state index contributed by atoms with van der Waals surface area (Å²) < 4.78 is 30.2. The molecule has 24 heavy (non-hydrogen) atoms. The summed E-state index contributed by atoms with van der Waals surface area (Å²) in [5.41, 5.74) is 1.07. The van der Waals surface area contributed by atoms with Crippen molar-refractivity contribution in [2.24, 2.45) is 5.92 Å². The van der Waals surface area contributed by atoms with E-state index in [1.165, 1.54) is 10.6 Å². The van der Waals surface area contributed by atoms with Crippen molar-refractivity contribution in [1.82, 2.24) is 9.21 Å². The second-order valence-corrected chi connectivity index (χ2v) is 8.29. The highest BCUT2D eigenvalue weighted by Crippen LogP contribution is 2.21. The van der Waals surface area contributed by atoms with E-state index in [0.717, 1.165) is 11.3 Å². The van der Waals surface area contributed by atoms with Crippen LogP contribution in [0.4, 0.5) is 0 Å². The number of hydrogen-bond donors (Lipinski definition) is 0. The van der Waals surface area contributed by atoms with Gasteiger partial charge in [-0.15, -0.1) is 0 Å². The van der Waals surface area contributed by atoms with Crippen LogP contribution >= 0.6 is 0 Å². The van der Waals surface area contributed by atoms with Gasteiger partial charge in [0.15, 0.2) is 0 Å². The molecule has 7 heteroatoms. The quantitative estimate of drug-likeness (QED) is 0.776. The standard InChI is InChI=1S/C17H26N2O4S/c1-14-6-4-5-7-16(14)23-13-12-18(2)17(20)15-8-10-19(11-9-15)24(3,21)22/h4-7,15H,8-13H2,1-3H3. The monoisotopic (exact) mass is 354 g/mol. The van der Waals surface area contributed by atoms with Crippen molar-refractivity contribution in [3.05, 3.63) is 29.8 Å². The van der Waals surface area contributed by atoms with Crippen molar-refractivity contribution in [1.29, 1.82) is 0 Å². The molecule has 0 bridgehead atoms. The Balaban J connectivity index is 1.78. The molecule has 6 nitrogen and oxygen atoms in total. The van der Waals surface area contributed by atoms with Gasteiger partial charge in [-0.3, -0.25) is 4.79 Å². The highest BCUT2D eigenvalue weighted by Gasteiger charge is 2.30. The van der Waals surface area contributed by atoms with Gasteiger partial charge in [0.1, 0.15) is 12.4 Å². The molecule has 0 aliphatic carbocycles. The van der Waals surface area contributed by atoms with Gasteiger partial charge in [-0.1, -0.05) is 18.2 Å². The summed E-state index contributed by atoms with van der Waals surface area (Å²) in [6.45, 7) is 3.78. The summed E-state index contributed by atoms with van der Waals surface area (Å²) in [4.78, 5) is 14.1. The fourth-order valence-electron chi connectivity index (χ4n) is 2.87. The normalized spacial score (nSPS) is 16.8. The van der Waals surface area contributed by atoms with E-state index in [2.05, 4.69) is 0 Å². The van der Waals surface area contributed by atoms with E-state index in [1.54, 1.807) is 11.9 Å². The maximum Gasteiger partial charge on any atom is 0.225 e. The number of likely N-dealkylation sites (N-methyl/N-ethyl adjacent to an activating group) is 1. The third-order valence-electron chi connectivity index (χ3n) is 4.43. The molecule has 1 aromatic carbocycles. The first-order valence-electron chi connectivity index (χ1n) is 8.17. The van der Waals surface area contributed by atoms with Crippen LogP contribution in [-0.4, -0.2) is 63.1 Å². The summed E-state index contributed by atoms with van der Waals surface area (Å²) in [5.74, 6) is 0.794. The van der Waals surface area contributed by atoms with Crippen LogP contribution in [0.15, 0.2) is 24.3 Å². The molecule has 1 aliphatic heterocycles. The zero-order valence-electron chi connectivity index (χ0n) is 14.6. The number of sulfonamides is 1. The van der Waals surface area contributed by atoms with E-state index in [9.17, 15) is 13.2 Å². The average molecular weight is 354 g/mol. The number of hydrogen-bond acceptors (Lipinski definition) is 4. The minimum atomic E-state index is -3.16. The van der Waals surface area contributed by atoms with Crippen LogP contribution in [0, 0.1) is 12.8 Å². The van der Waals surface area contributed by atoms with Crippen LogP contribution in [0.3, 0.4) is 0 Å². The van der Waals surface area contributed by atoms with Gasteiger partial charge in [0, 0.05) is 26.1 Å². The highest BCUT2D eigenvalue weighted by atomic mass is 32.2. The number of piperidine rings is 1. The van der Waals surface area contributed by atoms with E-state index in [-0.39, 0.29) is 11.8 Å². The predicted octanol–water partition coefficient (Wildman–Crippen LogP) is 1.50. The molecule has 0 unspecified atom stereocenters. The number of rotatable bonds is 6. The molecular formula is C17H26N2O4S. The van der Waals surface area contributed by atoms with Crippen LogP contribution in [0.2, 0.25) is 0 Å². The molecule has 1 aromatic rings. The fourth-order valence-corrected chi connectivity index (χ4v) is 3.74. The minimum Gasteiger partial charge on any atom is -0.491 e. The first-order valence-corrected chi connectivity index (χ1v) is 10.0. The van der Waals surface area contributed by atoms with Gasteiger partial charge in [0.05, 0.1) is 12.8 Å².